The molecule has 12 nitrogen and oxygen atoms in total. The average Bonchev–Trinajstić information content (AvgIpc) is 3.27. The molecular formula is C49H42O12. The molecule has 0 saturated carbocycles. The predicted octanol–water partition coefficient (Wildman–Crippen LogP) is 9.68. The van der Waals surface area contributed by atoms with Crippen molar-refractivity contribution in [1.29, 1.82) is 0 Å². The second-order valence-electron chi connectivity index (χ2n) is 14.0. The van der Waals surface area contributed by atoms with Crippen LogP contribution in [0.4, 0.5) is 0 Å². The van der Waals surface area contributed by atoms with Crippen molar-refractivity contribution in [2.45, 2.75) is 39.6 Å². The van der Waals surface area contributed by atoms with Gasteiger partial charge in [-0.3, -0.25) is 0 Å². The van der Waals surface area contributed by atoms with Crippen LogP contribution in [-0.4, -0.2) is 31.5 Å². The first-order valence-corrected chi connectivity index (χ1v) is 19.1. The normalized spacial score (nSPS) is 10.8. The highest BCUT2D eigenvalue weighted by Crippen LogP contribution is 2.34. The number of carbonyl (C=O) groups is 1. The SMILES string of the molecule is O=C(O)c1cc(OCc2ccc(OCc3ccc(O)cc3)c(OCc3ccc(O)cc3)c2)cc(OCc2ccc(OCc3ccc(O)cc3)c(OCc3ccc(O)cc3)c2)c1. The summed E-state index contributed by atoms with van der Waals surface area (Å²) in [7, 11) is 0. The van der Waals surface area contributed by atoms with Crippen LogP contribution < -0.4 is 28.4 Å². The van der Waals surface area contributed by atoms with Gasteiger partial charge >= 0.3 is 5.97 Å². The van der Waals surface area contributed by atoms with Crippen molar-refractivity contribution in [3.63, 3.8) is 0 Å². The van der Waals surface area contributed by atoms with Crippen molar-refractivity contribution >= 4 is 5.97 Å². The van der Waals surface area contributed by atoms with Crippen LogP contribution in [0.1, 0.15) is 43.7 Å². The summed E-state index contributed by atoms with van der Waals surface area (Å²) in [5.41, 5.74) is 4.75. The number of benzene rings is 7. The molecule has 0 amide bonds. The Balaban J connectivity index is 1.05. The molecule has 0 aromatic heterocycles. The number of carboxylic acids is 1. The topological polar surface area (TPSA) is 174 Å². The van der Waals surface area contributed by atoms with E-state index < -0.39 is 5.97 Å². The van der Waals surface area contributed by atoms with E-state index in [1.807, 2.05) is 12.1 Å². The third-order valence-corrected chi connectivity index (χ3v) is 9.28. The molecule has 0 bridgehead atoms. The zero-order valence-electron chi connectivity index (χ0n) is 32.8. The Bertz CT molecular complexity index is 2370. The molecule has 0 aliphatic heterocycles. The van der Waals surface area contributed by atoms with E-state index in [-0.39, 0.29) is 79.7 Å². The number of phenolic OH excluding ortho intramolecular Hbond substituents is 4. The molecule has 0 fully saturated rings. The van der Waals surface area contributed by atoms with Crippen molar-refractivity contribution in [2.75, 3.05) is 0 Å². The van der Waals surface area contributed by atoms with Crippen LogP contribution in [0.2, 0.25) is 0 Å². The molecule has 0 aliphatic rings. The zero-order chi connectivity index (χ0) is 42.6. The maximum absolute atomic E-state index is 12.2. The Labute approximate surface area is 351 Å². The molecule has 7 rings (SSSR count). The van der Waals surface area contributed by atoms with Crippen molar-refractivity contribution < 1.29 is 58.7 Å². The fourth-order valence-corrected chi connectivity index (χ4v) is 5.96. The molecule has 0 saturated heterocycles. The Morgan fingerprint density at radius 3 is 0.918 bits per heavy atom. The van der Waals surface area contributed by atoms with Crippen molar-refractivity contribution in [2.24, 2.45) is 0 Å². The van der Waals surface area contributed by atoms with Crippen molar-refractivity contribution in [3.8, 4) is 57.5 Å². The summed E-state index contributed by atoms with van der Waals surface area (Å²) in [6, 6.07) is 41.9. The standard InChI is InChI=1S/C49H42O12/c50-39-11-1-32(2-12-39)26-58-45-19-9-36(21-47(45)60-28-34-5-15-41(52)16-6-34)30-56-43-23-38(49(54)55)24-44(25-43)57-31-37-10-20-46(59-27-33-3-13-40(51)14-4-33)48(22-37)61-29-35-7-17-42(53)18-8-35/h1-25,50-53H,26-31H2,(H,54,55). The lowest BCUT2D eigenvalue weighted by Gasteiger charge is -2.16. The highest BCUT2D eigenvalue weighted by molar-refractivity contribution is 5.88. The van der Waals surface area contributed by atoms with Crippen LogP contribution in [0.15, 0.2) is 152 Å². The minimum atomic E-state index is -1.16. The minimum absolute atomic E-state index is 0.0284. The van der Waals surface area contributed by atoms with Gasteiger partial charge in [-0.1, -0.05) is 60.7 Å². The summed E-state index contributed by atoms with van der Waals surface area (Å²) >= 11 is 0. The van der Waals surface area contributed by atoms with Gasteiger partial charge in [0, 0.05) is 6.07 Å². The molecule has 0 spiro atoms. The number of hydrogen-bond acceptors (Lipinski definition) is 11. The second-order valence-corrected chi connectivity index (χ2v) is 14.0. The molecule has 5 N–H and O–H groups in total. The highest BCUT2D eigenvalue weighted by atomic mass is 16.5. The van der Waals surface area contributed by atoms with Gasteiger partial charge in [-0.2, -0.15) is 0 Å². The van der Waals surface area contributed by atoms with E-state index >= 15 is 0 Å². The quantitative estimate of drug-likeness (QED) is 0.0524. The van der Waals surface area contributed by atoms with Crippen molar-refractivity contribution in [3.05, 3.63) is 191 Å². The molecule has 0 radical (unpaired) electrons. The van der Waals surface area contributed by atoms with E-state index in [4.69, 9.17) is 28.4 Å². The van der Waals surface area contributed by atoms with Crippen molar-refractivity contribution in [1.82, 2.24) is 0 Å². The molecule has 7 aromatic carbocycles. The van der Waals surface area contributed by atoms with Gasteiger partial charge in [0.2, 0.25) is 0 Å². The number of carboxylic acid groups (broad SMARTS) is 1. The molecule has 12 heteroatoms. The number of aromatic hydroxyl groups is 4. The number of phenols is 4. The summed E-state index contributed by atoms with van der Waals surface area (Å²) in [6.45, 7) is 0.965. The fraction of sp³-hybridized carbons (Fsp3) is 0.122. The van der Waals surface area contributed by atoms with Gasteiger partial charge in [0.25, 0.3) is 0 Å². The highest BCUT2D eigenvalue weighted by Gasteiger charge is 2.14. The number of rotatable bonds is 19. The summed E-state index contributed by atoms with van der Waals surface area (Å²) < 4.78 is 36.8. The van der Waals surface area contributed by atoms with Crippen LogP contribution in [0.3, 0.4) is 0 Å². The first kappa shape index (κ1) is 41.2. The van der Waals surface area contributed by atoms with E-state index in [0.29, 0.717) is 34.1 Å². The van der Waals surface area contributed by atoms with Gasteiger partial charge in [-0.05, 0) is 118 Å². The summed E-state index contributed by atoms with van der Waals surface area (Å²) in [6.07, 6.45) is 0. The van der Waals surface area contributed by atoms with Crippen LogP contribution in [0.25, 0.3) is 0 Å². The van der Waals surface area contributed by atoms with E-state index in [2.05, 4.69) is 0 Å². The van der Waals surface area contributed by atoms with Crippen LogP contribution in [0.5, 0.6) is 57.5 Å². The molecule has 0 aliphatic carbocycles. The van der Waals surface area contributed by atoms with Gasteiger partial charge in [-0.15, -0.1) is 0 Å². The molecule has 61 heavy (non-hydrogen) atoms. The first-order chi connectivity index (χ1) is 29.6. The maximum Gasteiger partial charge on any atom is 0.335 e. The van der Waals surface area contributed by atoms with Crippen LogP contribution >= 0.6 is 0 Å². The summed E-state index contributed by atoms with van der Waals surface area (Å²) in [5.74, 6) is 1.82. The fourth-order valence-electron chi connectivity index (χ4n) is 5.96. The lowest BCUT2D eigenvalue weighted by molar-refractivity contribution is 0.0695. The number of hydrogen-bond donors (Lipinski definition) is 5. The minimum Gasteiger partial charge on any atom is -0.508 e. The monoisotopic (exact) mass is 822 g/mol. The van der Waals surface area contributed by atoms with Gasteiger partial charge < -0.3 is 54.0 Å². The van der Waals surface area contributed by atoms with Crippen LogP contribution in [0, 0.1) is 0 Å². The Kier molecular flexibility index (Phi) is 13.3. The molecule has 0 unspecified atom stereocenters. The number of aromatic carboxylic acids is 1. The largest absolute Gasteiger partial charge is 0.508 e. The van der Waals surface area contributed by atoms with E-state index in [0.717, 1.165) is 22.3 Å². The second kappa shape index (κ2) is 19.6. The summed E-state index contributed by atoms with van der Waals surface area (Å²) in [4.78, 5) is 12.2. The first-order valence-electron chi connectivity index (χ1n) is 19.1. The maximum atomic E-state index is 12.2. The van der Waals surface area contributed by atoms with E-state index in [1.54, 1.807) is 127 Å². The third-order valence-electron chi connectivity index (χ3n) is 9.28. The molecule has 0 heterocycles. The van der Waals surface area contributed by atoms with Gasteiger partial charge in [0.15, 0.2) is 23.0 Å². The zero-order valence-corrected chi connectivity index (χ0v) is 32.8. The lowest BCUT2D eigenvalue weighted by atomic mass is 10.1. The Hall–Kier alpha value is -7.99. The average molecular weight is 823 g/mol. The predicted molar refractivity (Wildman–Crippen MR) is 225 cm³/mol. The molecule has 310 valence electrons. The van der Waals surface area contributed by atoms with E-state index in [1.165, 1.54) is 12.1 Å². The van der Waals surface area contributed by atoms with Gasteiger partial charge in [0.1, 0.15) is 74.1 Å². The van der Waals surface area contributed by atoms with Gasteiger partial charge in [-0.25, -0.2) is 4.79 Å². The Morgan fingerprint density at radius 2 is 0.607 bits per heavy atom. The van der Waals surface area contributed by atoms with E-state index in [9.17, 15) is 30.3 Å². The smallest absolute Gasteiger partial charge is 0.335 e. The molecule has 0 atom stereocenters. The summed E-state index contributed by atoms with van der Waals surface area (Å²) in [5, 5.41) is 48.6. The van der Waals surface area contributed by atoms with Gasteiger partial charge in [0.05, 0.1) is 5.56 Å². The molecule has 7 aromatic rings. The Morgan fingerprint density at radius 1 is 0.328 bits per heavy atom. The van der Waals surface area contributed by atoms with Crippen LogP contribution in [-0.2, 0) is 39.6 Å². The number of ether oxygens (including phenoxy) is 6. The lowest BCUT2D eigenvalue weighted by Crippen LogP contribution is -2.04. The third kappa shape index (κ3) is 12.0. The molecular weight excluding hydrogens is 781 g/mol.